The molecular formula is C21H28N4O5S. The van der Waals surface area contributed by atoms with Crippen molar-refractivity contribution in [2.24, 2.45) is 5.92 Å². The second-order valence-electron chi connectivity index (χ2n) is 8.33. The van der Waals surface area contributed by atoms with Gasteiger partial charge < -0.3 is 20.4 Å². The minimum absolute atomic E-state index is 0.0765. The number of nitrogens with zero attached hydrogens (tertiary/aromatic N) is 1. The Kier molecular flexibility index (Phi) is 5.80. The van der Waals surface area contributed by atoms with E-state index in [1.807, 2.05) is 30.5 Å². The van der Waals surface area contributed by atoms with E-state index in [2.05, 4.69) is 15.6 Å². The molecule has 31 heavy (non-hydrogen) atoms. The average Bonchev–Trinajstić information content (AvgIpc) is 3.33. The molecule has 2 aromatic rings. The smallest absolute Gasteiger partial charge is 0.254 e. The first kappa shape index (κ1) is 21.8. The van der Waals surface area contributed by atoms with E-state index in [1.165, 1.54) is 4.31 Å². The van der Waals surface area contributed by atoms with Gasteiger partial charge in [0.2, 0.25) is 15.9 Å². The van der Waals surface area contributed by atoms with Gasteiger partial charge in [-0.1, -0.05) is 18.2 Å². The number of nitrogens with one attached hydrogen (secondary N) is 3. The number of morpholine rings is 1. The van der Waals surface area contributed by atoms with Crippen LogP contribution in [0, 0.1) is 5.92 Å². The number of H-pyrrole nitrogens is 1. The molecule has 3 heterocycles. The first-order valence-electron chi connectivity index (χ1n) is 10.5. The Morgan fingerprint density at radius 1 is 1.35 bits per heavy atom. The summed E-state index contributed by atoms with van der Waals surface area (Å²) < 4.78 is 32.5. The van der Waals surface area contributed by atoms with Gasteiger partial charge in [-0.15, -0.1) is 0 Å². The van der Waals surface area contributed by atoms with Gasteiger partial charge in [-0.3, -0.25) is 9.59 Å². The summed E-state index contributed by atoms with van der Waals surface area (Å²) in [5.74, 6) is -1.72. The van der Waals surface area contributed by atoms with E-state index >= 15 is 0 Å². The maximum absolute atomic E-state index is 13.1. The van der Waals surface area contributed by atoms with Crippen molar-refractivity contribution in [1.82, 2.24) is 19.9 Å². The van der Waals surface area contributed by atoms with E-state index in [1.54, 1.807) is 13.8 Å². The molecule has 168 valence electrons. The Labute approximate surface area is 181 Å². The largest absolute Gasteiger partial charge is 0.361 e. The van der Waals surface area contributed by atoms with E-state index in [9.17, 15) is 18.0 Å². The van der Waals surface area contributed by atoms with Gasteiger partial charge in [0.1, 0.15) is 0 Å². The quantitative estimate of drug-likeness (QED) is 0.590. The molecule has 9 nitrogen and oxygen atoms in total. The first-order valence-corrected chi connectivity index (χ1v) is 12.0. The van der Waals surface area contributed by atoms with Crippen LogP contribution in [0.4, 0.5) is 0 Å². The Morgan fingerprint density at radius 2 is 2.13 bits per heavy atom. The highest BCUT2D eigenvalue weighted by molar-refractivity contribution is 7.89. The lowest BCUT2D eigenvalue weighted by molar-refractivity contribution is -0.163. The molecule has 2 fully saturated rings. The van der Waals surface area contributed by atoms with Crippen molar-refractivity contribution in [2.75, 3.05) is 32.8 Å². The number of rotatable bonds is 6. The van der Waals surface area contributed by atoms with Crippen LogP contribution < -0.4 is 10.6 Å². The lowest BCUT2D eigenvalue weighted by atomic mass is 9.87. The molecular weight excluding hydrogens is 420 g/mol. The van der Waals surface area contributed by atoms with E-state index in [-0.39, 0.29) is 25.6 Å². The molecule has 0 saturated carbocycles. The van der Waals surface area contributed by atoms with Crippen molar-refractivity contribution in [3.63, 3.8) is 0 Å². The molecule has 2 aliphatic heterocycles. The average molecular weight is 449 g/mol. The summed E-state index contributed by atoms with van der Waals surface area (Å²) in [7, 11) is -3.63. The van der Waals surface area contributed by atoms with Gasteiger partial charge in [0, 0.05) is 36.7 Å². The summed E-state index contributed by atoms with van der Waals surface area (Å²) in [5.41, 5.74) is 0.610. The molecule has 1 aromatic carbocycles. The second-order valence-corrected chi connectivity index (χ2v) is 10.8. The van der Waals surface area contributed by atoms with Gasteiger partial charge in [0.15, 0.2) is 5.60 Å². The number of para-hydroxylation sites is 1. The zero-order chi connectivity index (χ0) is 22.2. The van der Waals surface area contributed by atoms with Crippen LogP contribution in [0.2, 0.25) is 0 Å². The monoisotopic (exact) mass is 448 g/mol. The van der Waals surface area contributed by atoms with Crippen molar-refractivity contribution in [2.45, 2.75) is 31.1 Å². The van der Waals surface area contributed by atoms with Gasteiger partial charge in [-0.25, -0.2) is 8.42 Å². The number of aromatic nitrogens is 1. The Hall–Kier alpha value is -2.43. The number of hydrogen-bond acceptors (Lipinski definition) is 5. The maximum Gasteiger partial charge on any atom is 0.254 e. The topological polar surface area (TPSA) is 121 Å². The normalized spacial score (nSPS) is 24.7. The van der Waals surface area contributed by atoms with Gasteiger partial charge >= 0.3 is 0 Å². The third kappa shape index (κ3) is 3.83. The van der Waals surface area contributed by atoms with Crippen LogP contribution in [0.5, 0.6) is 0 Å². The standard InChI is InChI=1S/C21H28N4O5S/c1-14(2)31(28,29)25-12-17(21(13-25)20(27)23-9-10-30-21)19(26)22-8-7-15-11-24-18-6-4-3-5-16(15)18/h3-6,11,14,17,24H,7-10,12-13H2,1-2H3,(H,22,26)(H,23,27)/t17-,21-/m1/s1. The lowest BCUT2D eigenvalue weighted by Crippen LogP contribution is -2.62. The molecule has 2 aliphatic rings. The molecule has 1 aromatic heterocycles. The van der Waals surface area contributed by atoms with E-state index in [0.29, 0.717) is 19.5 Å². The van der Waals surface area contributed by atoms with E-state index < -0.39 is 32.7 Å². The highest BCUT2D eigenvalue weighted by atomic mass is 32.2. The number of sulfonamides is 1. The SMILES string of the molecule is CC(C)S(=O)(=O)N1C[C@H](C(=O)NCCc2c[nH]c3ccccc23)[C@@]2(C1)OCCNC2=O. The van der Waals surface area contributed by atoms with Crippen molar-refractivity contribution >= 4 is 32.7 Å². The van der Waals surface area contributed by atoms with Gasteiger partial charge in [0.25, 0.3) is 5.91 Å². The molecule has 10 heteroatoms. The molecule has 0 unspecified atom stereocenters. The number of benzene rings is 1. The van der Waals surface area contributed by atoms with E-state index in [0.717, 1.165) is 16.5 Å². The first-order chi connectivity index (χ1) is 14.8. The van der Waals surface area contributed by atoms with Gasteiger partial charge in [0.05, 0.1) is 24.3 Å². The highest BCUT2D eigenvalue weighted by Crippen LogP contribution is 2.36. The van der Waals surface area contributed by atoms with Gasteiger partial charge in [-0.2, -0.15) is 4.31 Å². The predicted molar refractivity (Wildman–Crippen MR) is 116 cm³/mol. The number of amides is 2. The van der Waals surface area contributed by atoms with E-state index in [4.69, 9.17) is 4.74 Å². The molecule has 0 bridgehead atoms. The van der Waals surface area contributed by atoms with Crippen LogP contribution in [0.25, 0.3) is 10.9 Å². The second kappa shape index (κ2) is 8.25. The molecule has 2 saturated heterocycles. The molecule has 1 spiro atoms. The van der Waals surface area contributed by atoms with Crippen molar-refractivity contribution in [3.8, 4) is 0 Å². The fourth-order valence-electron chi connectivity index (χ4n) is 4.35. The summed E-state index contributed by atoms with van der Waals surface area (Å²) >= 11 is 0. The Balaban J connectivity index is 1.49. The molecule has 3 N–H and O–H groups in total. The number of hydrogen-bond donors (Lipinski definition) is 3. The predicted octanol–water partition coefficient (Wildman–Crippen LogP) is 0.382. The zero-order valence-electron chi connectivity index (χ0n) is 17.7. The molecule has 2 amide bonds. The third-order valence-corrected chi connectivity index (χ3v) is 8.32. The fraction of sp³-hybridized carbons (Fsp3) is 0.524. The van der Waals surface area contributed by atoms with Crippen molar-refractivity contribution in [3.05, 3.63) is 36.0 Å². The maximum atomic E-state index is 13.1. The Morgan fingerprint density at radius 3 is 2.87 bits per heavy atom. The summed E-state index contributed by atoms with van der Waals surface area (Å²) in [6.07, 6.45) is 2.53. The Bertz CT molecular complexity index is 1100. The molecule has 0 radical (unpaired) electrons. The highest BCUT2D eigenvalue weighted by Gasteiger charge is 2.59. The minimum atomic E-state index is -3.63. The fourth-order valence-corrected chi connectivity index (χ4v) is 5.67. The zero-order valence-corrected chi connectivity index (χ0v) is 18.5. The minimum Gasteiger partial charge on any atom is -0.361 e. The molecule has 4 rings (SSSR count). The summed E-state index contributed by atoms with van der Waals surface area (Å²) in [4.78, 5) is 29.0. The van der Waals surface area contributed by atoms with Gasteiger partial charge in [-0.05, 0) is 31.9 Å². The summed E-state index contributed by atoms with van der Waals surface area (Å²) in [5, 5.41) is 6.06. The third-order valence-electron chi connectivity index (χ3n) is 6.13. The lowest BCUT2D eigenvalue weighted by Gasteiger charge is -2.36. The van der Waals surface area contributed by atoms with Crippen molar-refractivity contribution < 1.29 is 22.7 Å². The van der Waals surface area contributed by atoms with Crippen LogP contribution >= 0.6 is 0 Å². The number of fused-ring (bicyclic) bond motifs is 1. The number of aromatic amines is 1. The van der Waals surface area contributed by atoms with Crippen LogP contribution in [0.3, 0.4) is 0 Å². The number of ether oxygens (including phenoxy) is 1. The van der Waals surface area contributed by atoms with Crippen molar-refractivity contribution in [1.29, 1.82) is 0 Å². The van der Waals surface area contributed by atoms with Crippen LogP contribution in [-0.4, -0.2) is 73.2 Å². The molecule has 2 atom stereocenters. The number of carbonyl (C=O) groups excluding carboxylic acids is 2. The van der Waals surface area contributed by atoms with Crippen LogP contribution in [0.1, 0.15) is 19.4 Å². The molecule has 0 aliphatic carbocycles. The summed E-state index contributed by atoms with van der Waals surface area (Å²) in [6.45, 7) is 3.88. The summed E-state index contributed by atoms with van der Waals surface area (Å²) in [6, 6.07) is 7.92. The van der Waals surface area contributed by atoms with Crippen LogP contribution in [0.15, 0.2) is 30.5 Å². The van der Waals surface area contributed by atoms with Crippen LogP contribution in [-0.2, 0) is 30.8 Å². The number of carbonyl (C=O) groups is 2.